The Balaban J connectivity index is 1.98. The number of nitrogens with one attached hydrogen (secondary N) is 1. The fourth-order valence-electron chi connectivity index (χ4n) is 2.59. The third-order valence-electron chi connectivity index (χ3n) is 3.43. The molecule has 1 fully saturated rings. The average Bonchev–Trinajstić information content (AvgIpc) is 2.93. The van der Waals surface area contributed by atoms with Crippen LogP contribution in [-0.4, -0.2) is 41.7 Å². The molecule has 102 valence electrons. The summed E-state index contributed by atoms with van der Waals surface area (Å²) in [6.45, 7) is 4.00. The molecule has 2 rings (SSSR count). The van der Waals surface area contributed by atoms with Gasteiger partial charge in [0, 0.05) is 6.04 Å². The molecule has 1 aliphatic carbocycles. The molecule has 1 N–H and O–H groups in total. The molecule has 1 aromatic heterocycles. The highest BCUT2D eigenvalue weighted by molar-refractivity contribution is 5.03. The Bertz CT molecular complexity index is 364. The SMILES string of the molecule is CCCNC1CCCC1c1nc(CN(C)C)no1. The standard InChI is InChI=1S/C13H24N4O/c1-4-8-14-11-7-5-6-10(11)13-15-12(16-18-13)9-17(2)3/h10-11,14H,4-9H2,1-3H3. The van der Waals surface area contributed by atoms with E-state index in [1.54, 1.807) is 0 Å². The molecule has 0 spiro atoms. The van der Waals surface area contributed by atoms with Crippen LogP contribution in [0.2, 0.25) is 0 Å². The highest BCUT2D eigenvalue weighted by Crippen LogP contribution is 2.33. The Kier molecular flexibility index (Phi) is 4.72. The minimum Gasteiger partial charge on any atom is -0.339 e. The second-order valence-corrected chi connectivity index (χ2v) is 5.38. The summed E-state index contributed by atoms with van der Waals surface area (Å²) in [7, 11) is 4.02. The molecule has 0 aliphatic heterocycles. The lowest BCUT2D eigenvalue weighted by Crippen LogP contribution is -2.31. The molecule has 2 unspecified atom stereocenters. The third-order valence-corrected chi connectivity index (χ3v) is 3.43. The Labute approximate surface area is 109 Å². The molecule has 1 saturated carbocycles. The first-order valence-electron chi connectivity index (χ1n) is 6.91. The van der Waals surface area contributed by atoms with E-state index in [4.69, 9.17) is 4.52 Å². The number of hydrogen-bond donors (Lipinski definition) is 1. The molecule has 0 amide bonds. The van der Waals surface area contributed by atoms with E-state index in [1.807, 2.05) is 14.1 Å². The predicted molar refractivity (Wildman–Crippen MR) is 70.4 cm³/mol. The molecule has 0 aromatic carbocycles. The highest BCUT2D eigenvalue weighted by atomic mass is 16.5. The summed E-state index contributed by atoms with van der Waals surface area (Å²) in [5.41, 5.74) is 0. The summed E-state index contributed by atoms with van der Waals surface area (Å²) < 4.78 is 5.43. The summed E-state index contributed by atoms with van der Waals surface area (Å²) in [6, 6.07) is 0.512. The number of rotatable bonds is 6. The van der Waals surface area contributed by atoms with Gasteiger partial charge >= 0.3 is 0 Å². The van der Waals surface area contributed by atoms with Crippen molar-refractivity contribution in [3.05, 3.63) is 11.7 Å². The van der Waals surface area contributed by atoms with E-state index in [-0.39, 0.29) is 0 Å². The minimum atomic E-state index is 0.403. The van der Waals surface area contributed by atoms with E-state index >= 15 is 0 Å². The van der Waals surface area contributed by atoms with Crippen LogP contribution < -0.4 is 5.32 Å². The van der Waals surface area contributed by atoms with Gasteiger partial charge in [0.05, 0.1) is 12.5 Å². The number of aromatic nitrogens is 2. The van der Waals surface area contributed by atoms with Crippen LogP contribution in [-0.2, 0) is 6.54 Å². The van der Waals surface area contributed by atoms with Gasteiger partial charge in [-0.05, 0) is 39.9 Å². The van der Waals surface area contributed by atoms with Crippen molar-refractivity contribution in [2.24, 2.45) is 0 Å². The molecule has 1 heterocycles. The quantitative estimate of drug-likeness (QED) is 0.836. The molecular formula is C13H24N4O. The van der Waals surface area contributed by atoms with Crippen molar-refractivity contribution >= 4 is 0 Å². The minimum absolute atomic E-state index is 0.403. The van der Waals surface area contributed by atoms with Gasteiger partial charge in [-0.2, -0.15) is 4.98 Å². The van der Waals surface area contributed by atoms with Gasteiger partial charge in [-0.25, -0.2) is 0 Å². The van der Waals surface area contributed by atoms with Crippen molar-refractivity contribution < 1.29 is 4.52 Å². The van der Waals surface area contributed by atoms with Gasteiger partial charge in [0.15, 0.2) is 5.82 Å². The zero-order chi connectivity index (χ0) is 13.0. The van der Waals surface area contributed by atoms with Crippen molar-refractivity contribution in [3.63, 3.8) is 0 Å². The maximum Gasteiger partial charge on any atom is 0.231 e. The topological polar surface area (TPSA) is 54.2 Å². The Morgan fingerprint density at radius 1 is 1.39 bits per heavy atom. The molecule has 1 aromatic rings. The molecule has 0 bridgehead atoms. The van der Waals surface area contributed by atoms with Crippen LogP contribution >= 0.6 is 0 Å². The van der Waals surface area contributed by atoms with Crippen molar-refractivity contribution in [3.8, 4) is 0 Å². The maximum atomic E-state index is 5.43. The van der Waals surface area contributed by atoms with Crippen LogP contribution in [0.25, 0.3) is 0 Å². The zero-order valence-electron chi connectivity index (χ0n) is 11.6. The first-order chi connectivity index (χ1) is 8.70. The van der Waals surface area contributed by atoms with Crippen molar-refractivity contribution in [2.75, 3.05) is 20.6 Å². The van der Waals surface area contributed by atoms with Gasteiger partial charge in [-0.3, -0.25) is 0 Å². The lowest BCUT2D eigenvalue weighted by atomic mass is 10.0. The molecule has 5 nitrogen and oxygen atoms in total. The molecule has 0 radical (unpaired) electrons. The third kappa shape index (κ3) is 3.29. The number of nitrogens with zero attached hydrogens (tertiary/aromatic N) is 3. The van der Waals surface area contributed by atoms with Crippen molar-refractivity contribution in [2.45, 2.75) is 51.1 Å². The molecule has 5 heteroatoms. The molecule has 18 heavy (non-hydrogen) atoms. The molecule has 1 aliphatic rings. The van der Waals surface area contributed by atoms with E-state index in [0.29, 0.717) is 12.0 Å². The fraction of sp³-hybridized carbons (Fsp3) is 0.846. The Hall–Kier alpha value is -0.940. The first-order valence-corrected chi connectivity index (χ1v) is 6.91. The molecule has 2 atom stereocenters. The lowest BCUT2D eigenvalue weighted by Gasteiger charge is -2.17. The summed E-state index contributed by atoms with van der Waals surface area (Å²) in [5.74, 6) is 2.01. The second-order valence-electron chi connectivity index (χ2n) is 5.38. The van der Waals surface area contributed by atoms with Gasteiger partial charge in [-0.1, -0.05) is 18.5 Å². The predicted octanol–water partition coefficient (Wildman–Crippen LogP) is 1.77. The van der Waals surface area contributed by atoms with E-state index in [1.165, 1.54) is 19.3 Å². The summed E-state index contributed by atoms with van der Waals surface area (Å²) in [6.07, 6.45) is 4.79. The summed E-state index contributed by atoms with van der Waals surface area (Å²) in [5, 5.41) is 7.65. The maximum absolute atomic E-state index is 5.43. The second kappa shape index (κ2) is 6.29. The Morgan fingerprint density at radius 3 is 2.94 bits per heavy atom. The van der Waals surface area contributed by atoms with Crippen LogP contribution in [0.5, 0.6) is 0 Å². The van der Waals surface area contributed by atoms with Crippen LogP contribution in [0.4, 0.5) is 0 Å². The van der Waals surface area contributed by atoms with Crippen LogP contribution in [0.1, 0.15) is 50.2 Å². The van der Waals surface area contributed by atoms with Crippen molar-refractivity contribution in [1.82, 2.24) is 20.4 Å². The largest absolute Gasteiger partial charge is 0.339 e. The average molecular weight is 252 g/mol. The normalized spacial score (nSPS) is 24.0. The number of hydrogen-bond acceptors (Lipinski definition) is 5. The van der Waals surface area contributed by atoms with Gasteiger partial charge in [0.1, 0.15) is 0 Å². The van der Waals surface area contributed by atoms with Crippen LogP contribution in [0.15, 0.2) is 4.52 Å². The molecule has 0 saturated heterocycles. The van der Waals surface area contributed by atoms with E-state index in [0.717, 1.165) is 31.2 Å². The van der Waals surface area contributed by atoms with Gasteiger partial charge in [-0.15, -0.1) is 0 Å². The smallest absolute Gasteiger partial charge is 0.231 e. The monoisotopic (exact) mass is 252 g/mol. The fourth-order valence-corrected chi connectivity index (χ4v) is 2.59. The zero-order valence-corrected chi connectivity index (χ0v) is 11.6. The highest BCUT2D eigenvalue weighted by Gasteiger charge is 2.32. The van der Waals surface area contributed by atoms with E-state index < -0.39 is 0 Å². The van der Waals surface area contributed by atoms with E-state index in [9.17, 15) is 0 Å². The van der Waals surface area contributed by atoms with E-state index in [2.05, 4.69) is 27.3 Å². The van der Waals surface area contributed by atoms with Crippen LogP contribution in [0, 0.1) is 0 Å². The Morgan fingerprint density at radius 2 is 2.22 bits per heavy atom. The first kappa shape index (κ1) is 13.5. The van der Waals surface area contributed by atoms with Gasteiger partial charge < -0.3 is 14.7 Å². The summed E-state index contributed by atoms with van der Waals surface area (Å²) in [4.78, 5) is 6.58. The lowest BCUT2D eigenvalue weighted by molar-refractivity contribution is 0.320. The van der Waals surface area contributed by atoms with Crippen LogP contribution in [0.3, 0.4) is 0 Å². The van der Waals surface area contributed by atoms with Gasteiger partial charge in [0.2, 0.25) is 5.89 Å². The molecular weight excluding hydrogens is 228 g/mol. The van der Waals surface area contributed by atoms with Gasteiger partial charge in [0.25, 0.3) is 0 Å². The van der Waals surface area contributed by atoms with Crippen molar-refractivity contribution in [1.29, 1.82) is 0 Å². The summed E-state index contributed by atoms with van der Waals surface area (Å²) >= 11 is 0.